The summed E-state index contributed by atoms with van der Waals surface area (Å²) in [4.78, 5) is 11.9. The minimum Gasteiger partial charge on any atom is -0.478 e. The first-order valence-corrected chi connectivity index (χ1v) is 6.24. The second-order valence-electron chi connectivity index (χ2n) is 4.45. The highest BCUT2D eigenvalue weighted by Crippen LogP contribution is 2.20. The van der Waals surface area contributed by atoms with Crippen molar-refractivity contribution in [3.8, 4) is 5.75 Å². The maximum atomic E-state index is 13.4. The van der Waals surface area contributed by atoms with Crippen LogP contribution in [0.5, 0.6) is 5.75 Å². The molecule has 0 saturated heterocycles. The zero-order chi connectivity index (χ0) is 15.4. The Morgan fingerprint density at radius 1 is 1.19 bits per heavy atom. The number of nitrogen functional groups attached to an aromatic ring is 1. The number of amides is 1. The molecule has 1 atom stereocenters. The first kappa shape index (κ1) is 14.8. The number of benzene rings is 2. The van der Waals surface area contributed by atoms with Crippen LogP contribution in [0.15, 0.2) is 42.5 Å². The molecule has 0 bridgehead atoms. The summed E-state index contributed by atoms with van der Waals surface area (Å²) in [7, 11) is 0. The minimum atomic E-state index is -0.987. The lowest BCUT2D eigenvalue weighted by atomic mass is 10.2. The summed E-state index contributed by atoms with van der Waals surface area (Å²) in [6.45, 7) is 1.44. The van der Waals surface area contributed by atoms with Crippen molar-refractivity contribution >= 4 is 17.3 Å². The van der Waals surface area contributed by atoms with E-state index in [1.165, 1.54) is 6.92 Å². The van der Waals surface area contributed by atoms with E-state index in [0.717, 1.165) is 18.2 Å². The van der Waals surface area contributed by atoms with Gasteiger partial charge in [0, 0.05) is 17.4 Å². The van der Waals surface area contributed by atoms with Gasteiger partial charge >= 0.3 is 0 Å². The number of nitrogens with two attached hydrogens (primary N) is 1. The van der Waals surface area contributed by atoms with Crippen molar-refractivity contribution in [3.63, 3.8) is 0 Å². The van der Waals surface area contributed by atoms with E-state index in [0.29, 0.717) is 11.4 Å². The summed E-state index contributed by atoms with van der Waals surface area (Å²) >= 11 is 0. The van der Waals surface area contributed by atoms with Gasteiger partial charge < -0.3 is 15.8 Å². The van der Waals surface area contributed by atoms with Crippen LogP contribution >= 0.6 is 0 Å². The number of rotatable bonds is 4. The van der Waals surface area contributed by atoms with E-state index in [9.17, 15) is 13.6 Å². The van der Waals surface area contributed by atoms with E-state index < -0.39 is 23.6 Å². The molecule has 2 aromatic carbocycles. The highest BCUT2D eigenvalue weighted by atomic mass is 19.1. The molecular formula is C15H14F2N2O2. The van der Waals surface area contributed by atoms with Gasteiger partial charge in [-0.05, 0) is 43.3 Å². The Hall–Kier alpha value is -2.63. The van der Waals surface area contributed by atoms with Gasteiger partial charge in [-0.2, -0.15) is 0 Å². The number of carbonyl (C=O) groups is 1. The summed E-state index contributed by atoms with van der Waals surface area (Å²) in [5, 5.41) is 2.59. The van der Waals surface area contributed by atoms with Gasteiger partial charge in [0.1, 0.15) is 5.82 Å². The molecule has 3 N–H and O–H groups in total. The molecule has 0 spiro atoms. The highest BCUT2D eigenvalue weighted by molar-refractivity contribution is 5.94. The molecule has 0 aliphatic carbocycles. The molecule has 0 radical (unpaired) electrons. The second-order valence-corrected chi connectivity index (χ2v) is 4.45. The number of hydrogen-bond donors (Lipinski definition) is 2. The Balaban J connectivity index is 2.02. The summed E-state index contributed by atoms with van der Waals surface area (Å²) in [5.41, 5.74) is 6.64. The van der Waals surface area contributed by atoms with Crippen molar-refractivity contribution in [2.24, 2.45) is 0 Å². The van der Waals surface area contributed by atoms with Crippen molar-refractivity contribution in [1.82, 2.24) is 0 Å². The van der Waals surface area contributed by atoms with Gasteiger partial charge in [0.2, 0.25) is 0 Å². The first-order chi connectivity index (χ1) is 9.95. The van der Waals surface area contributed by atoms with E-state index in [-0.39, 0.29) is 5.75 Å². The maximum Gasteiger partial charge on any atom is 0.265 e. The largest absolute Gasteiger partial charge is 0.478 e. The molecule has 6 heteroatoms. The lowest BCUT2D eigenvalue weighted by Crippen LogP contribution is -2.30. The molecule has 4 nitrogen and oxygen atoms in total. The number of nitrogens with one attached hydrogen (secondary N) is 1. The van der Waals surface area contributed by atoms with E-state index in [1.807, 2.05) is 0 Å². The lowest BCUT2D eigenvalue weighted by Gasteiger charge is -2.15. The van der Waals surface area contributed by atoms with Crippen molar-refractivity contribution in [1.29, 1.82) is 0 Å². The Labute approximate surface area is 120 Å². The molecule has 0 fully saturated rings. The Kier molecular flexibility index (Phi) is 4.37. The maximum absolute atomic E-state index is 13.4. The highest BCUT2D eigenvalue weighted by Gasteiger charge is 2.17. The topological polar surface area (TPSA) is 64.3 Å². The minimum absolute atomic E-state index is 0.310. The predicted octanol–water partition coefficient (Wildman–Crippen LogP) is 2.95. The van der Waals surface area contributed by atoms with Crippen molar-refractivity contribution in [2.75, 3.05) is 11.1 Å². The van der Waals surface area contributed by atoms with Gasteiger partial charge in [-0.3, -0.25) is 4.79 Å². The molecule has 0 aromatic heterocycles. The third kappa shape index (κ3) is 3.92. The van der Waals surface area contributed by atoms with Crippen LogP contribution in [-0.4, -0.2) is 12.0 Å². The van der Waals surface area contributed by atoms with Gasteiger partial charge in [0.15, 0.2) is 17.7 Å². The Bertz CT molecular complexity index is 645. The molecule has 1 amide bonds. The third-order valence-corrected chi connectivity index (χ3v) is 2.74. The number of anilines is 2. The molecule has 0 aliphatic rings. The van der Waals surface area contributed by atoms with E-state index in [2.05, 4.69) is 5.32 Å². The van der Waals surface area contributed by atoms with Crippen LogP contribution in [0.2, 0.25) is 0 Å². The van der Waals surface area contributed by atoms with Crippen LogP contribution in [0.4, 0.5) is 20.2 Å². The van der Waals surface area contributed by atoms with Crippen molar-refractivity contribution in [3.05, 3.63) is 54.1 Å². The number of carbonyl (C=O) groups excluding carboxylic acids is 1. The summed E-state index contributed by atoms with van der Waals surface area (Å²) < 4.78 is 31.6. The second kappa shape index (κ2) is 6.21. The average Bonchev–Trinajstić information content (AvgIpc) is 2.45. The van der Waals surface area contributed by atoms with Crippen LogP contribution in [0.3, 0.4) is 0 Å². The molecule has 2 aromatic rings. The van der Waals surface area contributed by atoms with Crippen LogP contribution in [0.25, 0.3) is 0 Å². The smallest absolute Gasteiger partial charge is 0.265 e. The quantitative estimate of drug-likeness (QED) is 0.852. The molecule has 1 unspecified atom stereocenters. The van der Waals surface area contributed by atoms with Gasteiger partial charge in [-0.25, -0.2) is 8.78 Å². The molecule has 21 heavy (non-hydrogen) atoms. The monoisotopic (exact) mass is 292 g/mol. The average molecular weight is 292 g/mol. The SMILES string of the molecule is CC(Oc1cc(F)ccc1F)C(=O)Nc1ccc(N)cc1. The van der Waals surface area contributed by atoms with E-state index in [4.69, 9.17) is 10.5 Å². The zero-order valence-electron chi connectivity index (χ0n) is 11.3. The first-order valence-electron chi connectivity index (χ1n) is 6.24. The van der Waals surface area contributed by atoms with Crippen molar-refractivity contribution < 1.29 is 18.3 Å². The summed E-state index contributed by atoms with van der Waals surface area (Å²) in [6.07, 6.45) is -0.987. The molecule has 0 saturated carbocycles. The molecule has 0 aliphatic heterocycles. The van der Waals surface area contributed by atoms with E-state index >= 15 is 0 Å². The van der Waals surface area contributed by atoms with Crippen LogP contribution in [-0.2, 0) is 4.79 Å². The van der Waals surface area contributed by atoms with Crippen LogP contribution < -0.4 is 15.8 Å². The van der Waals surface area contributed by atoms with Crippen LogP contribution in [0.1, 0.15) is 6.92 Å². The van der Waals surface area contributed by atoms with Crippen molar-refractivity contribution in [2.45, 2.75) is 13.0 Å². The van der Waals surface area contributed by atoms with Crippen LogP contribution in [0, 0.1) is 11.6 Å². The fourth-order valence-electron chi connectivity index (χ4n) is 1.62. The number of halogens is 2. The summed E-state index contributed by atoms with van der Waals surface area (Å²) in [5.74, 6) is -2.17. The molecular weight excluding hydrogens is 278 g/mol. The predicted molar refractivity (Wildman–Crippen MR) is 75.9 cm³/mol. The standard InChI is InChI=1S/C15H14F2N2O2/c1-9(21-14-8-10(16)2-7-13(14)17)15(20)19-12-5-3-11(18)4-6-12/h2-9H,18H2,1H3,(H,19,20). The molecule has 110 valence electrons. The zero-order valence-corrected chi connectivity index (χ0v) is 11.3. The van der Waals surface area contributed by atoms with Gasteiger partial charge in [0.05, 0.1) is 0 Å². The fraction of sp³-hybridized carbons (Fsp3) is 0.133. The number of ether oxygens (including phenoxy) is 1. The van der Waals surface area contributed by atoms with Gasteiger partial charge in [0.25, 0.3) is 5.91 Å². The molecule has 2 rings (SSSR count). The third-order valence-electron chi connectivity index (χ3n) is 2.74. The van der Waals surface area contributed by atoms with Gasteiger partial charge in [-0.15, -0.1) is 0 Å². The number of hydrogen-bond acceptors (Lipinski definition) is 3. The molecule has 0 heterocycles. The fourth-order valence-corrected chi connectivity index (χ4v) is 1.62. The summed E-state index contributed by atoms with van der Waals surface area (Å²) in [6, 6.07) is 9.32. The lowest BCUT2D eigenvalue weighted by molar-refractivity contribution is -0.122. The van der Waals surface area contributed by atoms with Gasteiger partial charge in [-0.1, -0.05) is 0 Å². The Morgan fingerprint density at radius 2 is 1.86 bits per heavy atom. The normalized spacial score (nSPS) is 11.8. The Morgan fingerprint density at radius 3 is 2.52 bits per heavy atom. The van der Waals surface area contributed by atoms with E-state index in [1.54, 1.807) is 24.3 Å².